The van der Waals surface area contributed by atoms with Crippen molar-refractivity contribution >= 4 is 33.5 Å². The van der Waals surface area contributed by atoms with E-state index in [-0.39, 0.29) is 24.2 Å². The molecule has 4 aromatic rings. The first-order valence-corrected chi connectivity index (χ1v) is 12.2. The molecule has 0 spiro atoms. The van der Waals surface area contributed by atoms with Gasteiger partial charge in [-0.05, 0) is 56.4 Å². The van der Waals surface area contributed by atoms with Crippen LogP contribution in [0.25, 0.3) is 21.9 Å². The molecule has 3 aromatic heterocycles. The van der Waals surface area contributed by atoms with Gasteiger partial charge in [0.15, 0.2) is 0 Å². The molecule has 190 valence electrons. The van der Waals surface area contributed by atoms with Crippen molar-refractivity contribution < 1.29 is 18.6 Å². The molecule has 1 amide bonds. The van der Waals surface area contributed by atoms with E-state index < -0.39 is 21.8 Å². The van der Waals surface area contributed by atoms with Gasteiger partial charge in [-0.25, -0.2) is 4.79 Å². The summed E-state index contributed by atoms with van der Waals surface area (Å²) in [6.07, 6.45) is 2.39. The quantitative estimate of drug-likeness (QED) is 0.237. The maximum atomic E-state index is 13.4. The molecule has 2 atom stereocenters. The second-order valence-electron chi connectivity index (χ2n) is 10.3. The fraction of sp³-hybridized carbons (Fsp3) is 0.370. The van der Waals surface area contributed by atoms with Crippen LogP contribution in [-0.2, 0) is 17.8 Å². The molecule has 10 heteroatoms. The summed E-state index contributed by atoms with van der Waals surface area (Å²) in [6.45, 7) is 6.78. The van der Waals surface area contributed by atoms with Gasteiger partial charge in [-0.3, -0.25) is 19.7 Å². The number of furan rings is 1. The topological polar surface area (TPSA) is 129 Å². The molecule has 1 fully saturated rings. The monoisotopic (exact) mass is 503 g/mol. The number of pyridine rings is 1. The van der Waals surface area contributed by atoms with Gasteiger partial charge < -0.3 is 18.3 Å². The highest BCUT2D eigenvalue weighted by Crippen LogP contribution is 2.36. The average Bonchev–Trinajstić information content (AvgIpc) is 3.23. The Morgan fingerprint density at radius 2 is 1.86 bits per heavy atom. The molecule has 0 aliphatic carbocycles. The molecule has 1 aromatic carbocycles. The first kappa shape index (κ1) is 23.2. The van der Waals surface area contributed by atoms with Crippen LogP contribution in [0.1, 0.15) is 40.3 Å². The first-order chi connectivity index (χ1) is 17.6. The summed E-state index contributed by atoms with van der Waals surface area (Å²) in [5, 5.41) is 12.9. The molecule has 0 radical (unpaired) electrons. The predicted octanol–water partition coefficient (Wildman–Crippen LogP) is 3.72. The van der Waals surface area contributed by atoms with Crippen LogP contribution in [0.5, 0.6) is 0 Å². The number of hydrogen-bond acceptors (Lipinski definition) is 7. The number of benzene rings is 1. The van der Waals surface area contributed by atoms with Crippen molar-refractivity contribution in [2.45, 2.75) is 46.1 Å². The Balaban J connectivity index is 1.32. The summed E-state index contributed by atoms with van der Waals surface area (Å²) >= 11 is 0. The zero-order valence-electron chi connectivity index (χ0n) is 20.7. The fourth-order valence-electron chi connectivity index (χ4n) is 6.06. The lowest BCUT2D eigenvalue weighted by Crippen LogP contribution is -2.49. The number of piperidine rings is 1. The van der Waals surface area contributed by atoms with Crippen LogP contribution in [0.4, 0.5) is 5.69 Å². The van der Waals surface area contributed by atoms with E-state index in [1.165, 1.54) is 10.6 Å². The van der Waals surface area contributed by atoms with E-state index >= 15 is 0 Å². The molecule has 10 nitrogen and oxygen atoms in total. The third kappa shape index (κ3) is 3.50. The van der Waals surface area contributed by atoms with E-state index in [1.807, 2.05) is 26.8 Å². The number of nitrogens with zero attached hydrogens (tertiary/aromatic N) is 3. The van der Waals surface area contributed by atoms with Gasteiger partial charge in [-0.1, -0.05) is 0 Å². The SMILES string of the molecule is Cc1coc2c(C)c3oc(=O)c(CC(=O)N4CC5CC(C4)c4ccc([N+](=O)[O-])c(=O)n4C5)c(C)c3cc12. The van der Waals surface area contributed by atoms with Gasteiger partial charge in [0.05, 0.1) is 23.2 Å². The Labute approximate surface area is 210 Å². The van der Waals surface area contributed by atoms with Crippen LogP contribution in [0, 0.1) is 36.8 Å². The van der Waals surface area contributed by atoms with Gasteiger partial charge in [-0.15, -0.1) is 0 Å². The van der Waals surface area contributed by atoms with Crippen LogP contribution in [0.15, 0.2) is 42.9 Å². The molecule has 37 heavy (non-hydrogen) atoms. The molecular formula is C27H25N3O7. The smallest absolute Gasteiger partial charge is 0.340 e. The van der Waals surface area contributed by atoms with Gasteiger partial charge in [0.25, 0.3) is 0 Å². The Morgan fingerprint density at radius 3 is 2.62 bits per heavy atom. The van der Waals surface area contributed by atoms with Gasteiger partial charge >= 0.3 is 16.9 Å². The van der Waals surface area contributed by atoms with Crippen molar-refractivity contribution in [3.8, 4) is 0 Å². The van der Waals surface area contributed by atoms with Crippen molar-refractivity contribution in [2.24, 2.45) is 5.92 Å². The number of hydrogen-bond donors (Lipinski definition) is 0. The predicted molar refractivity (Wildman–Crippen MR) is 135 cm³/mol. The summed E-state index contributed by atoms with van der Waals surface area (Å²) in [6, 6.07) is 4.82. The Bertz CT molecular complexity index is 1760. The van der Waals surface area contributed by atoms with E-state index in [9.17, 15) is 24.5 Å². The van der Waals surface area contributed by atoms with E-state index in [0.717, 1.165) is 28.3 Å². The molecule has 2 aliphatic rings. The van der Waals surface area contributed by atoms with E-state index in [0.29, 0.717) is 47.6 Å². The number of likely N-dealkylation sites (tertiary alicyclic amines) is 1. The van der Waals surface area contributed by atoms with Crippen LogP contribution < -0.4 is 11.2 Å². The third-order valence-corrected chi connectivity index (χ3v) is 8.00. The maximum absolute atomic E-state index is 13.4. The number of carbonyl (C=O) groups excluding carboxylic acids is 1. The molecule has 2 aliphatic heterocycles. The summed E-state index contributed by atoms with van der Waals surface area (Å²) < 4.78 is 12.8. The number of aryl methyl sites for hydroxylation is 3. The lowest BCUT2D eigenvalue weighted by Gasteiger charge is -2.42. The third-order valence-electron chi connectivity index (χ3n) is 8.00. The standard InChI is InChI=1S/C27H25N3O7/c1-13-12-36-24-15(3)25-19(7-18(13)24)14(2)20(27(33)37-25)8-23(31)28-9-16-6-17(11-28)21-4-5-22(30(34)35)26(32)29(21)10-16/h4-5,7,12,16-17H,6,8-11H2,1-3H3. The summed E-state index contributed by atoms with van der Waals surface area (Å²) in [4.78, 5) is 51.3. The molecule has 5 heterocycles. The van der Waals surface area contributed by atoms with Crippen LogP contribution in [0.3, 0.4) is 0 Å². The number of carbonyl (C=O) groups is 1. The molecule has 2 unspecified atom stereocenters. The lowest BCUT2D eigenvalue weighted by molar-refractivity contribution is -0.386. The molecule has 6 rings (SSSR count). The highest BCUT2D eigenvalue weighted by molar-refractivity contribution is 6.00. The van der Waals surface area contributed by atoms with Gasteiger partial charge in [0, 0.05) is 53.6 Å². The maximum Gasteiger partial charge on any atom is 0.340 e. The van der Waals surface area contributed by atoms with Crippen molar-refractivity contribution in [1.29, 1.82) is 0 Å². The molecular weight excluding hydrogens is 478 g/mol. The zero-order chi connectivity index (χ0) is 26.2. The number of fused-ring (bicyclic) bond motifs is 6. The molecule has 1 saturated heterocycles. The minimum absolute atomic E-state index is 0.00372. The molecule has 0 saturated carbocycles. The van der Waals surface area contributed by atoms with Crippen LogP contribution in [-0.4, -0.2) is 33.4 Å². The average molecular weight is 504 g/mol. The number of nitro groups is 1. The summed E-state index contributed by atoms with van der Waals surface area (Å²) in [5.74, 6) is -0.275. The summed E-state index contributed by atoms with van der Waals surface area (Å²) in [7, 11) is 0. The first-order valence-electron chi connectivity index (χ1n) is 12.2. The van der Waals surface area contributed by atoms with Gasteiger partial charge in [0.1, 0.15) is 11.2 Å². The minimum atomic E-state index is -0.659. The van der Waals surface area contributed by atoms with Crippen molar-refractivity contribution in [3.63, 3.8) is 0 Å². The second kappa shape index (κ2) is 8.16. The fourth-order valence-corrected chi connectivity index (χ4v) is 6.06. The number of rotatable bonds is 3. The summed E-state index contributed by atoms with van der Waals surface area (Å²) in [5.41, 5.74) is 3.06. The zero-order valence-corrected chi connectivity index (χ0v) is 20.7. The minimum Gasteiger partial charge on any atom is -0.464 e. The van der Waals surface area contributed by atoms with E-state index in [4.69, 9.17) is 8.83 Å². The Hall–Kier alpha value is -4.21. The van der Waals surface area contributed by atoms with E-state index in [1.54, 1.807) is 17.2 Å². The van der Waals surface area contributed by atoms with Crippen molar-refractivity contribution in [2.75, 3.05) is 13.1 Å². The molecule has 2 bridgehead atoms. The normalized spacial score (nSPS) is 18.8. The number of amides is 1. The van der Waals surface area contributed by atoms with Crippen molar-refractivity contribution in [3.05, 3.63) is 83.3 Å². The Kier molecular flexibility index (Phi) is 5.11. The largest absolute Gasteiger partial charge is 0.464 e. The Morgan fingerprint density at radius 1 is 1.08 bits per heavy atom. The van der Waals surface area contributed by atoms with Crippen LogP contribution >= 0.6 is 0 Å². The molecule has 0 N–H and O–H groups in total. The van der Waals surface area contributed by atoms with Crippen molar-refractivity contribution in [1.82, 2.24) is 9.47 Å². The lowest BCUT2D eigenvalue weighted by atomic mass is 9.83. The van der Waals surface area contributed by atoms with Gasteiger partial charge in [0.2, 0.25) is 5.91 Å². The highest BCUT2D eigenvalue weighted by Gasteiger charge is 2.38. The van der Waals surface area contributed by atoms with E-state index in [2.05, 4.69) is 0 Å². The van der Waals surface area contributed by atoms with Crippen LogP contribution in [0.2, 0.25) is 0 Å². The van der Waals surface area contributed by atoms with Gasteiger partial charge in [-0.2, -0.15) is 0 Å². The number of aromatic nitrogens is 1. The second-order valence-corrected chi connectivity index (χ2v) is 10.3. The highest BCUT2D eigenvalue weighted by atomic mass is 16.6.